The van der Waals surface area contributed by atoms with Gasteiger partial charge in [-0.25, -0.2) is 0 Å². The van der Waals surface area contributed by atoms with Crippen molar-refractivity contribution >= 4 is 5.91 Å². The molecule has 2 aliphatic rings. The summed E-state index contributed by atoms with van der Waals surface area (Å²) in [6, 6.07) is 0. The van der Waals surface area contributed by atoms with E-state index in [1.54, 1.807) is 0 Å². The lowest BCUT2D eigenvalue weighted by Crippen LogP contribution is -2.41. The van der Waals surface area contributed by atoms with E-state index in [9.17, 15) is 4.79 Å². The monoisotopic (exact) mass is 295 g/mol. The van der Waals surface area contributed by atoms with Crippen LogP contribution in [0, 0.1) is 5.92 Å². The number of nitrogens with two attached hydrogens (primary N) is 1. The van der Waals surface area contributed by atoms with Gasteiger partial charge in [0.25, 0.3) is 0 Å². The molecular weight excluding hydrogens is 262 g/mol. The minimum Gasteiger partial charge on any atom is -0.343 e. The number of piperidine rings is 1. The lowest BCUT2D eigenvalue weighted by molar-refractivity contribution is -0.132. The van der Waals surface area contributed by atoms with Crippen LogP contribution in [0.1, 0.15) is 57.8 Å². The van der Waals surface area contributed by atoms with Crippen LogP contribution in [0.15, 0.2) is 0 Å². The van der Waals surface area contributed by atoms with Crippen LogP contribution < -0.4 is 5.73 Å². The molecule has 0 aromatic heterocycles. The van der Waals surface area contributed by atoms with Crippen molar-refractivity contribution in [3.8, 4) is 0 Å². The molecule has 2 fully saturated rings. The van der Waals surface area contributed by atoms with Crippen LogP contribution in [0.3, 0.4) is 0 Å². The fraction of sp³-hybridized carbons (Fsp3) is 0.941. The Labute approximate surface area is 130 Å². The summed E-state index contributed by atoms with van der Waals surface area (Å²) in [5, 5.41) is 0. The molecular formula is C17H33N3O. The van der Waals surface area contributed by atoms with Gasteiger partial charge in [0.05, 0.1) is 0 Å². The van der Waals surface area contributed by atoms with E-state index < -0.39 is 0 Å². The first-order valence-corrected chi connectivity index (χ1v) is 9.00. The van der Waals surface area contributed by atoms with Crippen molar-refractivity contribution in [1.82, 2.24) is 9.80 Å². The Morgan fingerprint density at radius 3 is 2.29 bits per heavy atom. The van der Waals surface area contributed by atoms with Gasteiger partial charge in [0.15, 0.2) is 0 Å². The number of hydrogen-bond donors (Lipinski definition) is 1. The molecule has 0 unspecified atom stereocenters. The smallest absolute Gasteiger partial charge is 0.222 e. The van der Waals surface area contributed by atoms with Crippen LogP contribution in [0.4, 0.5) is 0 Å². The van der Waals surface area contributed by atoms with Gasteiger partial charge in [0.1, 0.15) is 0 Å². The molecule has 0 spiro atoms. The van der Waals surface area contributed by atoms with Crippen LogP contribution >= 0.6 is 0 Å². The molecule has 122 valence electrons. The van der Waals surface area contributed by atoms with Gasteiger partial charge in [-0.1, -0.05) is 12.8 Å². The fourth-order valence-electron chi connectivity index (χ4n) is 3.63. The molecule has 0 aromatic carbocycles. The Morgan fingerprint density at radius 1 is 0.952 bits per heavy atom. The van der Waals surface area contributed by atoms with Crippen LogP contribution in [-0.4, -0.2) is 55.0 Å². The molecule has 0 saturated carbocycles. The first kappa shape index (κ1) is 16.8. The third-order valence-corrected chi connectivity index (χ3v) is 5.03. The zero-order valence-corrected chi connectivity index (χ0v) is 13.6. The van der Waals surface area contributed by atoms with Crippen LogP contribution in [-0.2, 0) is 4.79 Å². The molecule has 2 heterocycles. The largest absolute Gasteiger partial charge is 0.343 e. The molecule has 4 nitrogen and oxygen atoms in total. The van der Waals surface area contributed by atoms with Crippen molar-refractivity contribution in [2.24, 2.45) is 11.7 Å². The van der Waals surface area contributed by atoms with Gasteiger partial charge >= 0.3 is 0 Å². The zero-order valence-electron chi connectivity index (χ0n) is 13.6. The standard InChI is InChI=1S/C17H33N3O/c18-10-4-2-1-3-7-17(21)20-13-8-16(9-14-20)15-19-11-5-6-12-19/h16H,1-15,18H2. The van der Waals surface area contributed by atoms with Gasteiger partial charge in [0.2, 0.25) is 5.91 Å². The molecule has 0 radical (unpaired) electrons. The van der Waals surface area contributed by atoms with Crippen molar-refractivity contribution in [3.05, 3.63) is 0 Å². The summed E-state index contributed by atoms with van der Waals surface area (Å²) in [6.45, 7) is 6.60. The number of nitrogens with zero attached hydrogens (tertiary/aromatic N) is 2. The topological polar surface area (TPSA) is 49.6 Å². The minimum absolute atomic E-state index is 0.377. The predicted octanol–water partition coefficient (Wildman–Crippen LogP) is 2.23. The fourth-order valence-corrected chi connectivity index (χ4v) is 3.63. The van der Waals surface area contributed by atoms with E-state index in [1.807, 2.05) is 0 Å². The van der Waals surface area contributed by atoms with Gasteiger partial charge in [-0.15, -0.1) is 0 Å². The maximum atomic E-state index is 12.2. The van der Waals surface area contributed by atoms with Gasteiger partial charge in [-0.05, 0) is 64.1 Å². The van der Waals surface area contributed by atoms with Crippen molar-refractivity contribution in [2.75, 3.05) is 39.3 Å². The van der Waals surface area contributed by atoms with Gasteiger partial charge in [0, 0.05) is 26.1 Å². The normalized spacial score (nSPS) is 21.1. The lowest BCUT2D eigenvalue weighted by Gasteiger charge is -2.34. The summed E-state index contributed by atoms with van der Waals surface area (Å²) in [5.74, 6) is 1.19. The Hall–Kier alpha value is -0.610. The molecule has 1 amide bonds. The molecule has 21 heavy (non-hydrogen) atoms. The van der Waals surface area contributed by atoms with E-state index >= 15 is 0 Å². The summed E-state index contributed by atoms with van der Waals surface area (Å²) in [6.07, 6.45) is 10.3. The van der Waals surface area contributed by atoms with E-state index in [1.165, 1.54) is 51.7 Å². The van der Waals surface area contributed by atoms with Gasteiger partial charge in [-0.3, -0.25) is 4.79 Å². The number of carbonyl (C=O) groups is 1. The number of amides is 1. The Kier molecular flexibility index (Phi) is 7.51. The average Bonchev–Trinajstić information content (AvgIpc) is 3.00. The van der Waals surface area contributed by atoms with Gasteiger partial charge in [-0.2, -0.15) is 0 Å². The van der Waals surface area contributed by atoms with Crippen molar-refractivity contribution in [3.63, 3.8) is 0 Å². The summed E-state index contributed by atoms with van der Waals surface area (Å²) < 4.78 is 0. The van der Waals surface area contributed by atoms with Crippen LogP contribution in [0.2, 0.25) is 0 Å². The highest BCUT2D eigenvalue weighted by atomic mass is 16.2. The van der Waals surface area contributed by atoms with E-state index in [0.717, 1.165) is 51.2 Å². The molecule has 2 rings (SSSR count). The molecule has 0 bridgehead atoms. The summed E-state index contributed by atoms with van der Waals surface area (Å²) in [7, 11) is 0. The van der Waals surface area contributed by atoms with E-state index in [0.29, 0.717) is 5.91 Å². The molecule has 2 aliphatic heterocycles. The Bertz CT molecular complexity index is 294. The minimum atomic E-state index is 0.377. The third kappa shape index (κ3) is 5.95. The molecule has 0 aromatic rings. The second-order valence-electron chi connectivity index (χ2n) is 6.78. The number of hydrogen-bond acceptors (Lipinski definition) is 3. The van der Waals surface area contributed by atoms with Crippen molar-refractivity contribution < 1.29 is 4.79 Å². The highest BCUT2D eigenvalue weighted by Gasteiger charge is 2.24. The average molecular weight is 295 g/mol. The van der Waals surface area contributed by atoms with Crippen LogP contribution in [0.25, 0.3) is 0 Å². The zero-order chi connectivity index (χ0) is 14.9. The number of likely N-dealkylation sites (tertiary alicyclic amines) is 2. The van der Waals surface area contributed by atoms with E-state index in [4.69, 9.17) is 5.73 Å². The van der Waals surface area contributed by atoms with Crippen molar-refractivity contribution in [1.29, 1.82) is 0 Å². The Morgan fingerprint density at radius 2 is 1.62 bits per heavy atom. The third-order valence-electron chi connectivity index (χ3n) is 5.03. The molecule has 0 atom stereocenters. The second kappa shape index (κ2) is 9.42. The summed E-state index contributed by atoms with van der Waals surface area (Å²) in [4.78, 5) is 16.9. The molecule has 0 aliphatic carbocycles. The Balaban J connectivity index is 1.56. The number of carbonyl (C=O) groups excluding carboxylic acids is 1. The van der Waals surface area contributed by atoms with E-state index in [2.05, 4.69) is 9.80 Å². The maximum Gasteiger partial charge on any atom is 0.222 e. The quantitative estimate of drug-likeness (QED) is 0.699. The number of rotatable bonds is 8. The maximum absolute atomic E-state index is 12.2. The molecule has 2 N–H and O–H groups in total. The predicted molar refractivity (Wildman–Crippen MR) is 87.1 cm³/mol. The summed E-state index contributed by atoms with van der Waals surface area (Å²) >= 11 is 0. The lowest BCUT2D eigenvalue weighted by atomic mass is 9.96. The van der Waals surface area contributed by atoms with Crippen molar-refractivity contribution in [2.45, 2.75) is 57.8 Å². The first-order chi connectivity index (χ1) is 10.3. The van der Waals surface area contributed by atoms with Crippen LogP contribution in [0.5, 0.6) is 0 Å². The SMILES string of the molecule is NCCCCCCC(=O)N1CCC(CN2CCCC2)CC1. The molecule has 4 heteroatoms. The first-order valence-electron chi connectivity index (χ1n) is 9.00. The molecule has 2 saturated heterocycles. The highest BCUT2D eigenvalue weighted by Crippen LogP contribution is 2.21. The second-order valence-corrected chi connectivity index (χ2v) is 6.78. The van der Waals surface area contributed by atoms with E-state index in [-0.39, 0.29) is 0 Å². The number of unbranched alkanes of at least 4 members (excludes halogenated alkanes) is 3. The van der Waals surface area contributed by atoms with Gasteiger partial charge < -0.3 is 15.5 Å². The highest BCUT2D eigenvalue weighted by molar-refractivity contribution is 5.76. The summed E-state index contributed by atoms with van der Waals surface area (Å²) in [5.41, 5.74) is 5.48.